The SMILES string of the molecule is CCCNCc1ccncc1N1CCC2CCCCC2C1. The van der Waals surface area contributed by atoms with Gasteiger partial charge in [0.1, 0.15) is 0 Å². The molecular weight excluding hydrogens is 258 g/mol. The number of hydrogen-bond acceptors (Lipinski definition) is 3. The van der Waals surface area contributed by atoms with Gasteiger partial charge in [-0.2, -0.15) is 0 Å². The first-order valence-corrected chi connectivity index (χ1v) is 8.77. The number of fused-ring (bicyclic) bond motifs is 1. The third-order valence-electron chi connectivity index (χ3n) is 5.26. The van der Waals surface area contributed by atoms with Crippen LogP contribution in [-0.2, 0) is 6.54 Å². The minimum absolute atomic E-state index is 0.921. The molecule has 1 aromatic rings. The third-order valence-corrected chi connectivity index (χ3v) is 5.26. The Balaban J connectivity index is 1.68. The summed E-state index contributed by atoms with van der Waals surface area (Å²) in [4.78, 5) is 6.98. The molecule has 0 aromatic carbocycles. The molecule has 21 heavy (non-hydrogen) atoms. The maximum absolute atomic E-state index is 4.38. The van der Waals surface area contributed by atoms with Crippen molar-refractivity contribution in [1.29, 1.82) is 0 Å². The van der Waals surface area contributed by atoms with Crippen LogP contribution >= 0.6 is 0 Å². The van der Waals surface area contributed by atoms with Gasteiger partial charge >= 0.3 is 0 Å². The van der Waals surface area contributed by atoms with E-state index in [1.165, 1.54) is 62.9 Å². The van der Waals surface area contributed by atoms with E-state index in [-0.39, 0.29) is 0 Å². The van der Waals surface area contributed by atoms with E-state index in [2.05, 4.69) is 34.4 Å². The van der Waals surface area contributed by atoms with E-state index in [0.717, 1.165) is 24.9 Å². The molecule has 2 fully saturated rings. The van der Waals surface area contributed by atoms with Crippen LogP contribution in [0.2, 0.25) is 0 Å². The quantitative estimate of drug-likeness (QED) is 0.839. The van der Waals surface area contributed by atoms with Crippen molar-refractivity contribution in [2.75, 3.05) is 24.5 Å². The van der Waals surface area contributed by atoms with Crippen LogP contribution in [0, 0.1) is 11.8 Å². The van der Waals surface area contributed by atoms with Crippen LogP contribution in [0.5, 0.6) is 0 Å². The largest absolute Gasteiger partial charge is 0.370 e. The van der Waals surface area contributed by atoms with Crippen LogP contribution in [0.15, 0.2) is 18.5 Å². The summed E-state index contributed by atoms with van der Waals surface area (Å²) in [6.07, 6.45) is 12.4. The monoisotopic (exact) mass is 287 g/mol. The van der Waals surface area contributed by atoms with Crippen molar-refractivity contribution in [3.63, 3.8) is 0 Å². The maximum Gasteiger partial charge on any atom is 0.0598 e. The molecule has 0 spiro atoms. The van der Waals surface area contributed by atoms with Crippen molar-refractivity contribution < 1.29 is 0 Å². The Bertz CT molecular complexity index is 446. The zero-order chi connectivity index (χ0) is 14.5. The fourth-order valence-electron chi connectivity index (χ4n) is 4.07. The van der Waals surface area contributed by atoms with E-state index in [1.807, 2.05) is 6.20 Å². The number of aromatic nitrogens is 1. The summed E-state index contributed by atoms with van der Waals surface area (Å²) in [5, 5.41) is 3.53. The molecular formula is C18H29N3. The first kappa shape index (κ1) is 14.8. The maximum atomic E-state index is 4.38. The third kappa shape index (κ3) is 3.57. The van der Waals surface area contributed by atoms with Crippen LogP contribution in [0.4, 0.5) is 5.69 Å². The van der Waals surface area contributed by atoms with Gasteiger partial charge in [-0.05, 0) is 49.3 Å². The van der Waals surface area contributed by atoms with E-state index in [1.54, 1.807) is 0 Å². The zero-order valence-electron chi connectivity index (χ0n) is 13.4. The molecule has 1 aliphatic carbocycles. The van der Waals surface area contributed by atoms with Gasteiger partial charge in [0, 0.05) is 25.8 Å². The zero-order valence-corrected chi connectivity index (χ0v) is 13.4. The highest BCUT2D eigenvalue weighted by molar-refractivity contribution is 5.52. The molecule has 1 saturated heterocycles. The van der Waals surface area contributed by atoms with Crippen LogP contribution in [-0.4, -0.2) is 24.6 Å². The molecule has 2 unspecified atom stereocenters. The van der Waals surface area contributed by atoms with Crippen molar-refractivity contribution >= 4 is 5.69 Å². The minimum Gasteiger partial charge on any atom is -0.370 e. The Hall–Kier alpha value is -1.09. The Kier molecular flexibility index (Phi) is 5.13. The second-order valence-electron chi connectivity index (χ2n) is 6.72. The lowest BCUT2D eigenvalue weighted by atomic mass is 9.75. The van der Waals surface area contributed by atoms with E-state index >= 15 is 0 Å². The molecule has 0 amide bonds. The summed E-state index contributed by atoms with van der Waals surface area (Å²) in [5.74, 6) is 1.91. The summed E-state index contributed by atoms with van der Waals surface area (Å²) in [7, 11) is 0. The summed E-state index contributed by atoms with van der Waals surface area (Å²) < 4.78 is 0. The number of nitrogens with one attached hydrogen (secondary N) is 1. The molecule has 3 rings (SSSR count). The molecule has 1 aromatic heterocycles. The summed E-state index contributed by atoms with van der Waals surface area (Å²) in [6.45, 7) is 6.74. The molecule has 3 heteroatoms. The molecule has 1 saturated carbocycles. The Morgan fingerprint density at radius 2 is 2.10 bits per heavy atom. The second kappa shape index (κ2) is 7.26. The number of hydrogen-bond donors (Lipinski definition) is 1. The first-order valence-electron chi connectivity index (χ1n) is 8.77. The smallest absolute Gasteiger partial charge is 0.0598 e. The number of rotatable bonds is 5. The lowest BCUT2D eigenvalue weighted by Gasteiger charge is -2.42. The molecule has 116 valence electrons. The number of anilines is 1. The van der Waals surface area contributed by atoms with Gasteiger partial charge < -0.3 is 10.2 Å². The fourth-order valence-corrected chi connectivity index (χ4v) is 4.07. The summed E-state index contributed by atoms with van der Waals surface area (Å²) in [6, 6.07) is 2.19. The van der Waals surface area contributed by atoms with Crippen molar-refractivity contribution in [2.24, 2.45) is 11.8 Å². The van der Waals surface area contributed by atoms with Crippen LogP contribution in [0.25, 0.3) is 0 Å². The van der Waals surface area contributed by atoms with Gasteiger partial charge in [-0.15, -0.1) is 0 Å². The van der Waals surface area contributed by atoms with Crippen molar-refractivity contribution in [3.8, 4) is 0 Å². The molecule has 1 aliphatic heterocycles. The predicted octanol–water partition coefficient (Wildman–Crippen LogP) is 3.60. The number of nitrogens with zero attached hydrogens (tertiary/aromatic N) is 2. The fraction of sp³-hybridized carbons (Fsp3) is 0.722. The highest BCUT2D eigenvalue weighted by Gasteiger charge is 2.31. The molecule has 3 nitrogen and oxygen atoms in total. The average molecular weight is 287 g/mol. The van der Waals surface area contributed by atoms with Crippen LogP contribution < -0.4 is 10.2 Å². The van der Waals surface area contributed by atoms with Gasteiger partial charge in [-0.3, -0.25) is 4.98 Å². The lowest BCUT2D eigenvalue weighted by Crippen LogP contribution is -2.42. The van der Waals surface area contributed by atoms with Crippen molar-refractivity contribution in [2.45, 2.75) is 52.0 Å². The van der Waals surface area contributed by atoms with E-state index in [0.29, 0.717) is 0 Å². The topological polar surface area (TPSA) is 28.2 Å². The van der Waals surface area contributed by atoms with Gasteiger partial charge in [-0.1, -0.05) is 26.2 Å². The Morgan fingerprint density at radius 3 is 2.95 bits per heavy atom. The molecule has 2 atom stereocenters. The van der Waals surface area contributed by atoms with Gasteiger partial charge in [0.25, 0.3) is 0 Å². The van der Waals surface area contributed by atoms with E-state index < -0.39 is 0 Å². The van der Waals surface area contributed by atoms with Gasteiger partial charge in [0.05, 0.1) is 11.9 Å². The van der Waals surface area contributed by atoms with Crippen molar-refractivity contribution in [1.82, 2.24) is 10.3 Å². The van der Waals surface area contributed by atoms with E-state index in [9.17, 15) is 0 Å². The van der Waals surface area contributed by atoms with Crippen molar-refractivity contribution in [3.05, 3.63) is 24.0 Å². The molecule has 2 aliphatic rings. The average Bonchev–Trinajstić information content (AvgIpc) is 2.55. The van der Waals surface area contributed by atoms with Gasteiger partial charge in [-0.25, -0.2) is 0 Å². The second-order valence-corrected chi connectivity index (χ2v) is 6.72. The minimum atomic E-state index is 0.921. The molecule has 0 radical (unpaired) electrons. The molecule has 1 N–H and O–H groups in total. The lowest BCUT2D eigenvalue weighted by molar-refractivity contribution is 0.202. The van der Waals surface area contributed by atoms with Crippen LogP contribution in [0.1, 0.15) is 51.0 Å². The van der Waals surface area contributed by atoms with Gasteiger partial charge in [0.15, 0.2) is 0 Å². The normalized spacial score (nSPS) is 25.7. The standard InChI is InChI=1S/C18H29N3/c1-2-9-19-12-16-7-10-20-13-18(16)21-11-8-15-5-3-4-6-17(15)14-21/h7,10,13,15,17,19H,2-6,8-9,11-12,14H2,1H3. The summed E-state index contributed by atoms with van der Waals surface area (Å²) in [5.41, 5.74) is 2.78. The van der Waals surface area contributed by atoms with Crippen LogP contribution in [0.3, 0.4) is 0 Å². The molecule has 0 bridgehead atoms. The summed E-state index contributed by atoms with van der Waals surface area (Å²) >= 11 is 0. The predicted molar refractivity (Wildman–Crippen MR) is 88.5 cm³/mol. The Morgan fingerprint density at radius 1 is 1.24 bits per heavy atom. The number of pyridine rings is 1. The number of piperidine rings is 1. The van der Waals surface area contributed by atoms with E-state index in [4.69, 9.17) is 0 Å². The van der Waals surface area contributed by atoms with Gasteiger partial charge in [0.2, 0.25) is 0 Å². The highest BCUT2D eigenvalue weighted by Crippen LogP contribution is 2.37. The Labute approximate surface area is 129 Å². The highest BCUT2D eigenvalue weighted by atomic mass is 15.1. The first-order chi connectivity index (χ1) is 10.4. The molecule has 2 heterocycles.